The SMILES string of the molecule is Cc1cccc2c(=O)n(CC(=O)Nc3ccccc3Br)cnc12. The molecule has 0 aliphatic carbocycles. The average Bonchev–Trinajstić information content (AvgIpc) is 2.53. The van der Waals surface area contributed by atoms with Crippen LogP contribution in [0.5, 0.6) is 0 Å². The molecule has 116 valence electrons. The summed E-state index contributed by atoms with van der Waals surface area (Å²) in [7, 11) is 0. The summed E-state index contributed by atoms with van der Waals surface area (Å²) in [6.45, 7) is 1.82. The Kier molecular flexibility index (Phi) is 4.25. The van der Waals surface area contributed by atoms with Crippen LogP contribution in [0.25, 0.3) is 10.9 Å². The third-order valence-corrected chi connectivity index (χ3v) is 4.21. The zero-order valence-electron chi connectivity index (χ0n) is 12.4. The van der Waals surface area contributed by atoms with E-state index in [1.54, 1.807) is 12.1 Å². The summed E-state index contributed by atoms with van der Waals surface area (Å²) in [6, 6.07) is 12.7. The van der Waals surface area contributed by atoms with Crippen LogP contribution in [0, 0.1) is 6.92 Å². The van der Waals surface area contributed by atoms with E-state index in [2.05, 4.69) is 26.2 Å². The molecule has 0 radical (unpaired) electrons. The van der Waals surface area contributed by atoms with Crippen LogP contribution in [-0.2, 0) is 11.3 Å². The number of benzene rings is 2. The maximum atomic E-state index is 12.5. The molecular weight excluding hydrogens is 358 g/mol. The van der Waals surface area contributed by atoms with Crippen molar-refractivity contribution in [2.45, 2.75) is 13.5 Å². The van der Waals surface area contributed by atoms with Crippen molar-refractivity contribution in [1.29, 1.82) is 0 Å². The number of halogens is 1. The van der Waals surface area contributed by atoms with Crippen molar-refractivity contribution in [3.05, 3.63) is 69.2 Å². The van der Waals surface area contributed by atoms with Gasteiger partial charge in [0.15, 0.2) is 0 Å². The van der Waals surface area contributed by atoms with Gasteiger partial charge in [-0.1, -0.05) is 24.3 Å². The van der Waals surface area contributed by atoms with E-state index in [0.29, 0.717) is 16.6 Å². The third kappa shape index (κ3) is 3.17. The molecule has 6 heteroatoms. The van der Waals surface area contributed by atoms with Gasteiger partial charge < -0.3 is 5.32 Å². The van der Waals surface area contributed by atoms with E-state index in [1.165, 1.54) is 10.9 Å². The summed E-state index contributed by atoms with van der Waals surface area (Å²) < 4.78 is 2.10. The predicted molar refractivity (Wildman–Crippen MR) is 93.5 cm³/mol. The number of rotatable bonds is 3. The first-order valence-electron chi connectivity index (χ1n) is 7.05. The quantitative estimate of drug-likeness (QED) is 0.769. The largest absolute Gasteiger partial charge is 0.324 e. The lowest BCUT2D eigenvalue weighted by Gasteiger charge is -2.09. The van der Waals surface area contributed by atoms with Gasteiger partial charge in [-0.2, -0.15) is 0 Å². The monoisotopic (exact) mass is 371 g/mol. The minimum atomic E-state index is -0.284. The summed E-state index contributed by atoms with van der Waals surface area (Å²) >= 11 is 3.37. The Morgan fingerprint density at radius 3 is 2.78 bits per heavy atom. The number of para-hydroxylation sites is 2. The Balaban J connectivity index is 1.87. The van der Waals surface area contributed by atoms with Crippen LogP contribution in [0.4, 0.5) is 5.69 Å². The molecular formula is C17H14BrN3O2. The summed E-state index contributed by atoms with van der Waals surface area (Å²) in [4.78, 5) is 28.9. The normalized spacial score (nSPS) is 10.7. The number of carbonyl (C=O) groups is 1. The molecule has 0 saturated heterocycles. The first kappa shape index (κ1) is 15.4. The minimum Gasteiger partial charge on any atom is -0.324 e. The van der Waals surface area contributed by atoms with Crippen LogP contribution in [-0.4, -0.2) is 15.5 Å². The number of nitrogens with zero attached hydrogens (tertiary/aromatic N) is 2. The highest BCUT2D eigenvalue weighted by Gasteiger charge is 2.10. The fraction of sp³-hybridized carbons (Fsp3) is 0.118. The van der Waals surface area contributed by atoms with Crippen LogP contribution >= 0.6 is 15.9 Å². The second-order valence-electron chi connectivity index (χ2n) is 5.18. The first-order valence-corrected chi connectivity index (χ1v) is 7.84. The van der Waals surface area contributed by atoms with Crippen molar-refractivity contribution in [3.63, 3.8) is 0 Å². The summed E-state index contributed by atoms with van der Waals surface area (Å²) in [5.41, 5.74) is 2.04. The molecule has 0 spiro atoms. The van der Waals surface area contributed by atoms with E-state index in [4.69, 9.17) is 0 Å². The lowest BCUT2D eigenvalue weighted by atomic mass is 10.1. The summed E-state index contributed by atoms with van der Waals surface area (Å²) in [5, 5.41) is 3.29. The molecule has 1 N–H and O–H groups in total. The van der Waals surface area contributed by atoms with Gasteiger partial charge in [-0.05, 0) is 46.6 Å². The predicted octanol–water partition coefficient (Wildman–Crippen LogP) is 3.11. The number of amides is 1. The minimum absolute atomic E-state index is 0.0863. The maximum absolute atomic E-state index is 12.5. The van der Waals surface area contributed by atoms with E-state index in [-0.39, 0.29) is 18.0 Å². The van der Waals surface area contributed by atoms with E-state index >= 15 is 0 Å². The number of aromatic nitrogens is 2. The Labute approximate surface area is 141 Å². The molecule has 1 heterocycles. The van der Waals surface area contributed by atoms with Crippen LogP contribution in [0.3, 0.4) is 0 Å². The van der Waals surface area contributed by atoms with Crippen LogP contribution in [0.1, 0.15) is 5.56 Å². The molecule has 0 atom stereocenters. The molecule has 0 aliphatic rings. The molecule has 3 rings (SSSR count). The van der Waals surface area contributed by atoms with Gasteiger partial charge in [-0.25, -0.2) is 4.98 Å². The molecule has 0 fully saturated rings. The Bertz CT molecular complexity index is 950. The smallest absolute Gasteiger partial charge is 0.261 e. The molecule has 3 aromatic rings. The topological polar surface area (TPSA) is 64.0 Å². The third-order valence-electron chi connectivity index (χ3n) is 3.52. The molecule has 1 amide bonds. The van der Waals surface area contributed by atoms with Gasteiger partial charge in [0.05, 0.1) is 22.9 Å². The molecule has 0 bridgehead atoms. The zero-order valence-corrected chi connectivity index (χ0v) is 14.0. The van der Waals surface area contributed by atoms with Crippen LogP contribution in [0.2, 0.25) is 0 Å². The van der Waals surface area contributed by atoms with Crippen molar-refractivity contribution in [1.82, 2.24) is 9.55 Å². The van der Waals surface area contributed by atoms with E-state index < -0.39 is 0 Å². The highest BCUT2D eigenvalue weighted by atomic mass is 79.9. The van der Waals surface area contributed by atoms with E-state index in [1.807, 2.05) is 37.3 Å². The van der Waals surface area contributed by atoms with Gasteiger partial charge in [0.1, 0.15) is 6.54 Å². The van der Waals surface area contributed by atoms with E-state index in [9.17, 15) is 9.59 Å². The summed E-state index contributed by atoms with van der Waals surface area (Å²) in [6.07, 6.45) is 1.41. The number of nitrogens with one attached hydrogen (secondary N) is 1. The number of anilines is 1. The highest BCUT2D eigenvalue weighted by molar-refractivity contribution is 9.10. The second kappa shape index (κ2) is 6.34. The van der Waals surface area contributed by atoms with Gasteiger partial charge in [0.2, 0.25) is 5.91 Å². The molecule has 0 unspecified atom stereocenters. The first-order chi connectivity index (χ1) is 11.1. The van der Waals surface area contributed by atoms with Gasteiger partial charge in [0, 0.05) is 4.47 Å². The van der Waals surface area contributed by atoms with Crippen molar-refractivity contribution in [2.75, 3.05) is 5.32 Å². The Morgan fingerprint density at radius 1 is 1.22 bits per heavy atom. The van der Waals surface area contributed by atoms with Crippen molar-refractivity contribution in [3.8, 4) is 0 Å². The molecule has 0 saturated carbocycles. The average molecular weight is 372 g/mol. The van der Waals surface area contributed by atoms with Gasteiger partial charge in [0.25, 0.3) is 5.56 Å². The number of fused-ring (bicyclic) bond motifs is 1. The second-order valence-corrected chi connectivity index (χ2v) is 6.03. The van der Waals surface area contributed by atoms with Gasteiger partial charge in [-0.3, -0.25) is 14.2 Å². The molecule has 0 aliphatic heterocycles. The fourth-order valence-corrected chi connectivity index (χ4v) is 2.74. The number of hydrogen-bond donors (Lipinski definition) is 1. The maximum Gasteiger partial charge on any atom is 0.261 e. The molecule has 5 nitrogen and oxygen atoms in total. The van der Waals surface area contributed by atoms with Crippen LogP contribution in [0.15, 0.2) is 58.1 Å². The lowest BCUT2D eigenvalue weighted by Crippen LogP contribution is -2.28. The van der Waals surface area contributed by atoms with Crippen molar-refractivity contribution in [2.24, 2.45) is 0 Å². The van der Waals surface area contributed by atoms with Crippen LogP contribution < -0.4 is 10.9 Å². The number of hydrogen-bond acceptors (Lipinski definition) is 3. The fourth-order valence-electron chi connectivity index (χ4n) is 2.36. The standard InChI is InChI=1S/C17H14BrN3O2/c1-11-5-4-6-12-16(11)19-10-21(17(12)23)9-15(22)20-14-8-3-2-7-13(14)18/h2-8,10H,9H2,1H3,(H,20,22). The highest BCUT2D eigenvalue weighted by Crippen LogP contribution is 2.21. The van der Waals surface area contributed by atoms with Crippen molar-refractivity contribution >= 4 is 38.4 Å². The lowest BCUT2D eigenvalue weighted by molar-refractivity contribution is -0.116. The summed E-state index contributed by atoms with van der Waals surface area (Å²) in [5.74, 6) is -0.284. The Morgan fingerprint density at radius 2 is 2.00 bits per heavy atom. The van der Waals surface area contributed by atoms with Gasteiger partial charge in [-0.15, -0.1) is 0 Å². The molecule has 23 heavy (non-hydrogen) atoms. The zero-order chi connectivity index (χ0) is 16.4. The number of carbonyl (C=O) groups excluding carboxylic acids is 1. The molecule has 1 aromatic heterocycles. The van der Waals surface area contributed by atoms with E-state index in [0.717, 1.165) is 10.0 Å². The van der Waals surface area contributed by atoms with Crippen molar-refractivity contribution < 1.29 is 4.79 Å². The molecule has 2 aromatic carbocycles. The van der Waals surface area contributed by atoms with Gasteiger partial charge >= 0.3 is 0 Å². The Hall–Kier alpha value is -2.47. The number of aryl methyl sites for hydroxylation is 1.